The number of benzene rings is 1. The average molecular weight is 259 g/mol. The van der Waals surface area contributed by atoms with Crippen molar-refractivity contribution >= 4 is 17.5 Å². The predicted octanol–water partition coefficient (Wildman–Crippen LogP) is 1.77. The summed E-state index contributed by atoms with van der Waals surface area (Å²) in [6.45, 7) is 1.88. The molecule has 2 aromatic rings. The fourth-order valence-corrected chi connectivity index (χ4v) is 1.62. The van der Waals surface area contributed by atoms with Gasteiger partial charge in [-0.2, -0.15) is 0 Å². The normalized spacial score (nSPS) is 10.2. The predicted molar refractivity (Wildman–Crippen MR) is 70.9 cm³/mol. The fourth-order valence-electron chi connectivity index (χ4n) is 1.62. The number of anilines is 2. The number of aryl methyl sites for hydroxylation is 1. The minimum Gasteiger partial charge on any atom is -0.478 e. The Morgan fingerprint density at radius 1 is 1.42 bits per heavy atom. The zero-order chi connectivity index (χ0) is 13.8. The van der Waals surface area contributed by atoms with E-state index in [0.29, 0.717) is 23.8 Å². The van der Waals surface area contributed by atoms with E-state index in [9.17, 15) is 9.59 Å². The molecule has 19 heavy (non-hydrogen) atoms. The van der Waals surface area contributed by atoms with Crippen LogP contribution in [-0.4, -0.2) is 21.0 Å². The second kappa shape index (κ2) is 5.34. The van der Waals surface area contributed by atoms with E-state index < -0.39 is 5.97 Å². The minimum absolute atomic E-state index is 0.172. The number of aromatic amines is 1. The molecule has 0 saturated heterocycles. The highest BCUT2D eigenvalue weighted by atomic mass is 16.4. The molecule has 0 saturated carbocycles. The Morgan fingerprint density at radius 3 is 2.89 bits per heavy atom. The van der Waals surface area contributed by atoms with Crippen molar-refractivity contribution < 1.29 is 9.90 Å². The molecular formula is C13H13N3O3. The summed E-state index contributed by atoms with van der Waals surface area (Å²) < 4.78 is 0. The van der Waals surface area contributed by atoms with Crippen molar-refractivity contribution in [1.29, 1.82) is 0 Å². The zero-order valence-electron chi connectivity index (χ0n) is 10.3. The van der Waals surface area contributed by atoms with Gasteiger partial charge in [0.05, 0.1) is 5.56 Å². The van der Waals surface area contributed by atoms with Gasteiger partial charge in [-0.05, 0) is 18.2 Å². The van der Waals surface area contributed by atoms with Crippen LogP contribution in [0.15, 0.2) is 35.1 Å². The van der Waals surface area contributed by atoms with Gasteiger partial charge in [-0.25, -0.2) is 9.78 Å². The van der Waals surface area contributed by atoms with Gasteiger partial charge in [-0.3, -0.25) is 4.79 Å². The molecule has 0 fully saturated rings. The van der Waals surface area contributed by atoms with Gasteiger partial charge in [0, 0.05) is 18.2 Å². The van der Waals surface area contributed by atoms with Crippen LogP contribution in [0.1, 0.15) is 23.1 Å². The van der Waals surface area contributed by atoms with Crippen LogP contribution in [0.4, 0.5) is 11.5 Å². The highest BCUT2D eigenvalue weighted by Crippen LogP contribution is 2.15. The minimum atomic E-state index is -1.00. The van der Waals surface area contributed by atoms with E-state index >= 15 is 0 Å². The van der Waals surface area contributed by atoms with Crippen LogP contribution in [-0.2, 0) is 6.42 Å². The molecule has 0 atom stereocenters. The van der Waals surface area contributed by atoms with Crippen molar-refractivity contribution in [2.45, 2.75) is 13.3 Å². The summed E-state index contributed by atoms with van der Waals surface area (Å²) >= 11 is 0. The number of carboxylic acid groups (broad SMARTS) is 1. The molecule has 2 rings (SSSR count). The molecule has 1 aromatic carbocycles. The Hall–Kier alpha value is -2.63. The number of nitrogens with zero attached hydrogens (tertiary/aromatic N) is 1. The first-order valence-electron chi connectivity index (χ1n) is 5.79. The molecule has 98 valence electrons. The summed E-state index contributed by atoms with van der Waals surface area (Å²) in [5.74, 6) is -0.0377. The number of aromatic carboxylic acids is 1. The molecule has 0 bridgehead atoms. The fraction of sp³-hybridized carbons (Fsp3) is 0.154. The third-order valence-corrected chi connectivity index (χ3v) is 2.51. The molecule has 0 amide bonds. The lowest BCUT2D eigenvalue weighted by molar-refractivity contribution is 0.0697. The topological polar surface area (TPSA) is 95.1 Å². The Bertz CT molecular complexity index is 664. The lowest BCUT2D eigenvalue weighted by Crippen LogP contribution is -2.11. The second-order valence-corrected chi connectivity index (χ2v) is 3.94. The van der Waals surface area contributed by atoms with E-state index in [1.807, 2.05) is 6.92 Å². The summed E-state index contributed by atoms with van der Waals surface area (Å²) in [7, 11) is 0. The zero-order valence-corrected chi connectivity index (χ0v) is 10.3. The summed E-state index contributed by atoms with van der Waals surface area (Å²) in [4.78, 5) is 29.1. The van der Waals surface area contributed by atoms with E-state index in [0.717, 1.165) is 0 Å². The van der Waals surface area contributed by atoms with Crippen molar-refractivity contribution in [2.75, 3.05) is 5.32 Å². The van der Waals surface area contributed by atoms with Crippen LogP contribution in [0.2, 0.25) is 0 Å². The molecule has 1 aromatic heterocycles. The number of nitrogens with one attached hydrogen (secondary N) is 2. The maximum atomic E-state index is 11.4. The van der Waals surface area contributed by atoms with Gasteiger partial charge < -0.3 is 15.4 Å². The van der Waals surface area contributed by atoms with Crippen LogP contribution >= 0.6 is 0 Å². The van der Waals surface area contributed by atoms with Gasteiger partial charge in [0.15, 0.2) is 0 Å². The smallest absolute Gasteiger partial charge is 0.335 e. The molecule has 0 aliphatic carbocycles. The highest BCUT2D eigenvalue weighted by molar-refractivity contribution is 5.89. The summed E-state index contributed by atoms with van der Waals surface area (Å²) in [5, 5.41) is 11.8. The number of rotatable bonds is 4. The maximum Gasteiger partial charge on any atom is 0.335 e. The lowest BCUT2D eigenvalue weighted by Gasteiger charge is -2.07. The SMILES string of the molecule is CCc1nc(Nc2cccc(C(=O)O)c2)cc(=O)[nH]1. The number of H-pyrrole nitrogens is 1. The van der Waals surface area contributed by atoms with Crippen molar-refractivity contribution in [2.24, 2.45) is 0 Å². The third kappa shape index (κ3) is 3.19. The van der Waals surface area contributed by atoms with E-state index in [2.05, 4.69) is 15.3 Å². The Labute approximate surface area is 109 Å². The third-order valence-electron chi connectivity index (χ3n) is 2.51. The van der Waals surface area contributed by atoms with Gasteiger partial charge in [0.2, 0.25) is 0 Å². The van der Waals surface area contributed by atoms with E-state index in [4.69, 9.17) is 5.11 Å². The first-order valence-corrected chi connectivity index (χ1v) is 5.79. The van der Waals surface area contributed by atoms with Crippen LogP contribution < -0.4 is 10.9 Å². The Balaban J connectivity index is 2.30. The standard InChI is InChI=1S/C13H13N3O3/c1-2-10-15-11(7-12(17)16-10)14-9-5-3-4-8(6-9)13(18)19/h3-7H,2H2,1H3,(H,18,19)(H2,14,15,16,17). The highest BCUT2D eigenvalue weighted by Gasteiger charge is 2.05. The number of aromatic nitrogens is 2. The largest absolute Gasteiger partial charge is 0.478 e. The molecule has 0 aliphatic rings. The van der Waals surface area contributed by atoms with Crippen LogP contribution in [0, 0.1) is 0 Å². The monoisotopic (exact) mass is 259 g/mol. The lowest BCUT2D eigenvalue weighted by atomic mass is 10.2. The van der Waals surface area contributed by atoms with Crippen molar-refractivity contribution in [3.8, 4) is 0 Å². The molecule has 3 N–H and O–H groups in total. The van der Waals surface area contributed by atoms with Crippen molar-refractivity contribution in [1.82, 2.24) is 9.97 Å². The average Bonchev–Trinajstić information content (AvgIpc) is 2.38. The van der Waals surface area contributed by atoms with Gasteiger partial charge in [-0.15, -0.1) is 0 Å². The molecule has 0 unspecified atom stereocenters. The van der Waals surface area contributed by atoms with Gasteiger partial charge in [0.1, 0.15) is 11.6 Å². The number of hydrogen-bond acceptors (Lipinski definition) is 4. The molecule has 0 aliphatic heterocycles. The van der Waals surface area contributed by atoms with E-state index in [1.54, 1.807) is 12.1 Å². The van der Waals surface area contributed by atoms with Crippen LogP contribution in [0.3, 0.4) is 0 Å². The summed E-state index contributed by atoms with van der Waals surface area (Å²) in [6.07, 6.45) is 0.611. The van der Waals surface area contributed by atoms with E-state index in [-0.39, 0.29) is 11.1 Å². The molecule has 0 spiro atoms. The van der Waals surface area contributed by atoms with Gasteiger partial charge >= 0.3 is 5.97 Å². The summed E-state index contributed by atoms with van der Waals surface area (Å²) in [6, 6.07) is 7.64. The number of hydrogen-bond donors (Lipinski definition) is 3. The number of carboxylic acids is 1. The molecule has 6 nitrogen and oxygen atoms in total. The van der Waals surface area contributed by atoms with Crippen molar-refractivity contribution in [3.05, 3.63) is 52.1 Å². The number of carbonyl (C=O) groups is 1. The maximum absolute atomic E-state index is 11.4. The summed E-state index contributed by atoms with van der Waals surface area (Å²) in [5.41, 5.74) is 0.495. The van der Waals surface area contributed by atoms with Gasteiger partial charge in [-0.1, -0.05) is 13.0 Å². The second-order valence-electron chi connectivity index (χ2n) is 3.94. The van der Waals surface area contributed by atoms with Gasteiger partial charge in [0.25, 0.3) is 5.56 Å². The molecule has 1 heterocycles. The Morgan fingerprint density at radius 2 is 2.21 bits per heavy atom. The van der Waals surface area contributed by atoms with Crippen LogP contribution in [0.5, 0.6) is 0 Å². The van der Waals surface area contributed by atoms with Crippen molar-refractivity contribution in [3.63, 3.8) is 0 Å². The molecule has 6 heteroatoms. The Kier molecular flexibility index (Phi) is 3.61. The van der Waals surface area contributed by atoms with Crippen LogP contribution in [0.25, 0.3) is 0 Å². The first kappa shape index (κ1) is 12.8. The van der Waals surface area contributed by atoms with E-state index in [1.165, 1.54) is 18.2 Å². The quantitative estimate of drug-likeness (QED) is 0.777. The molecular weight excluding hydrogens is 246 g/mol. The molecule has 0 radical (unpaired) electrons. The first-order chi connectivity index (χ1) is 9.08.